The highest BCUT2D eigenvalue weighted by Gasteiger charge is 2.34. The second-order valence-electron chi connectivity index (χ2n) is 7.66. The molecular formula is C20H30FN3O3S. The molecule has 2 fully saturated rings. The van der Waals surface area contributed by atoms with Crippen LogP contribution in [0.25, 0.3) is 0 Å². The van der Waals surface area contributed by atoms with Gasteiger partial charge in [-0.1, -0.05) is 6.92 Å². The number of piperidine rings is 1. The van der Waals surface area contributed by atoms with E-state index in [1.165, 1.54) is 16.4 Å². The van der Waals surface area contributed by atoms with E-state index in [9.17, 15) is 17.6 Å². The van der Waals surface area contributed by atoms with E-state index in [-0.39, 0.29) is 23.4 Å². The fraction of sp³-hybridized carbons (Fsp3) is 0.650. The van der Waals surface area contributed by atoms with Gasteiger partial charge in [-0.15, -0.1) is 0 Å². The zero-order valence-electron chi connectivity index (χ0n) is 16.5. The molecule has 6 nitrogen and oxygen atoms in total. The summed E-state index contributed by atoms with van der Waals surface area (Å²) in [4.78, 5) is 17.1. The summed E-state index contributed by atoms with van der Waals surface area (Å²) < 4.78 is 39.4. The molecule has 0 saturated carbocycles. The minimum absolute atomic E-state index is 0.0670. The van der Waals surface area contributed by atoms with Crippen LogP contribution in [0.15, 0.2) is 24.3 Å². The quantitative estimate of drug-likeness (QED) is 0.746. The highest BCUT2D eigenvalue weighted by molar-refractivity contribution is 7.89. The molecule has 1 amide bonds. The van der Waals surface area contributed by atoms with Crippen LogP contribution in [-0.2, 0) is 14.8 Å². The highest BCUT2D eigenvalue weighted by Crippen LogP contribution is 2.23. The molecule has 0 bridgehead atoms. The number of nitrogens with zero attached hydrogens (tertiary/aromatic N) is 3. The third-order valence-corrected chi connectivity index (χ3v) is 7.63. The number of hydrogen-bond donors (Lipinski definition) is 0. The van der Waals surface area contributed by atoms with Gasteiger partial charge in [0.25, 0.3) is 0 Å². The number of carbonyl (C=O) groups is 1. The molecule has 0 N–H and O–H groups in total. The highest BCUT2D eigenvalue weighted by atomic mass is 32.2. The fourth-order valence-electron chi connectivity index (χ4n) is 4.09. The number of benzene rings is 1. The van der Waals surface area contributed by atoms with Crippen molar-refractivity contribution >= 4 is 21.6 Å². The van der Waals surface area contributed by atoms with Crippen LogP contribution in [0.2, 0.25) is 0 Å². The largest absolute Gasteiger partial charge is 0.370 e. The number of rotatable bonds is 5. The first-order chi connectivity index (χ1) is 13.4. The topological polar surface area (TPSA) is 60.9 Å². The van der Waals surface area contributed by atoms with E-state index in [2.05, 4.69) is 4.90 Å². The van der Waals surface area contributed by atoms with Gasteiger partial charge in [-0.2, -0.15) is 0 Å². The van der Waals surface area contributed by atoms with Crippen molar-refractivity contribution in [1.82, 2.24) is 9.21 Å². The van der Waals surface area contributed by atoms with Gasteiger partial charge in [0.1, 0.15) is 5.82 Å². The zero-order chi connectivity index (χ0) is 20.1. The Morgan fingerprint density at radius 2 is 1.82 bits per heavy atom. The number of carbonyl (C=O) groups excluding carboxylic acids is 1. The van der Waals surface area contributed by atoms with Crippen molar-refractivity contribution in [3.8, 4) is 0 Å². The van der Waals surface area contributed by atoms with Gasteiger partial charge in [0.15, 0.2) is 0 Å². The van der Waals surface area contributed by atoms with Crippen LogP contribution in [0.5, 0.6) is 0 Å². The molecule has 8 heteroatoms. The fourth-order valence-corrected chi connectivity index (χ4v) is 5.68. The third-order valence-electron chi connectivity index (χ3n) is 5.59. The number of halogens is 1. The Balaban J connectivity index is 1.60. The lowest BCUT2D eigenvalue weighted by Gasteiger charge is -2.34. The first-order valence-electron chi connectivity index (χ1n) is 10.2. The van der Waals surface area contributed by atoms with Crippen LogP contribution < -0.4 is 4.90 Å². The molecule has 3 rings (SSSR count). The summed E-state index contributed by atoms with van der Waals surface area (Å²) in [5.41, 5.74) is 0.963. The SMILES string of the molecule is CCCS(=O)(=O)N1CCCC(C(=O)N2CCCN(c3ccc(F)cc3)CC2)C1. The number of sulfonamides is 1. The van der Waals surface area contributed by atoms with Gasteiger partial charge in [0.2, 0.25) is 15.9 Å². The van der Waals surface area contributed by atoms with Crippen LogP contribution in [-0.4, -0.2) is 68.6 Å². The molecule has 1 unspecified atom stereocenters. The van der Waals surface area contributed by atoms with Crippen LogP contribution in [0.4, 0.5) is 10.1 Å². The third kappa shape index (κ3) is 5.03. The predicted molar refractivity (Wildman–Crippen MR) is 108 cm³/mol. The van der Waals surface area contributed by atoms with Crippen molar-refractivity contribution in [2.45, 2.75) is 32.6 Å². The molecule has 2 saturated heterocycles. The van der Waals surface area contributed by atoms with E-state index >= 15 is 0 Å². The molecule has 0 aliphatic carbocycles. The Bertz CT molecular complexity index is 769. The lowest BCUT2D eigenvalue weighted by atomic mass is 9.98. The van der Waals surface area contributed by atoms with Gasteiger partial charge < -0.3 is 9.80 Å². The average molecular weight is 412 g/mol. The number of hydrogen-bond acceptors (Lipinski definition) is 4. The molecule has 2 aliphatic rings. The standard InChI is InChI=1S/C20H30FN3O3S/c1-2-15-28(26,27)24-12-3-5-17(16-24)20(25)23-11-4-10-22(13-14-23)19-8-6-18(21)7-9-19/h6-9,17H,2-5,10-16H2,1H3. The number of anilines is 1. The Labute approximate surface area is 167 Å². The normalized spacial score (nSPS) is 22.1. The Morgan fingerprint density at radius 1 is 1.07 bits per heavy atom. The first kappa shape index (κ1) is 21.0. The minimum atomic E-state index is -3.26. The van der Waals surface area contributed by atoms with Crippen molar-refractivity contribution < 1.29 is 17.6 Å². The predicted octanol–water partition coefficient (Wildman–Crippen LogP) is 2.32. The van der Waals surface area contributed by atoms with Crippen molar-refractivity contribution in [3.05, 3.63) is 30.1 Å². The van der Waals surface area contributed by atoms with Crippen LogP contribution >= 0.6 is 0 Å². The van der Waals surface area contributed by atoms with Gasteiger partial charge in [-0.25, -0.2) is 17.1 Å². The molecular weight excluding hydrogens is 381 g/mol. The van der Waals surface area contributed by atoms with Crippen molar-refractivity contribution in [2.75, 3.05) is 49.9 Å². The smallest absolute Gasteiger partial charge is 0.227 e. The van der Waals surface area contributed by atoms with E-state index in [4.69, 9.17) is 0 Å². The minimum Gasteiger partial charge on any atom is -0.370 e. The van der Waals surface area contributed by atoms with Gasteiger partial charge in [0, 0.05) is 45.0 Å². The monoisotopic (exact) mass is 411 g/mol. The molecule has 1 aromatic rings. The van der Waals surface area contributed by atoms with Crippen LogP contribution in [0.3, 0.4) is 0 Å². The molecule has 1 aromatic carbocycles. The lowest BCUT2D eigenvalue weighted by molar-refractivity contribution is -0.136. The van der Waals surface area contributed by atoms with Crippen molar-refractivity contribution in [1.29, 1.82) is 0 Å². The summed E-state index contributed by atoms with van der Waals surface area (Å²) in [5.74, 6) is -0.296. The molecule has 156 valence electrons. The summed E-state index contributed by atoms with van der Waals surface area (Å²) in [6, 6.07) is 6.45. The lowest BCUT2D eigenvalue weighted by Crippen LogP contribution is -2.48. The van der Waals surface area contributed by atoms with E-state index < -0.39 is 10.0 Å². The van der Waals surface area contributed by atoms with Gasteiger partial charge in [0.05, 0.1) is 11.7 Å². The second kappa shape index (κ2) is 9.22. The molecule has 0 aromatic heterocycles. The zero-order valence-corrected chi connectivity index (χ0v) is 17.3. The Kier molecular flexibility index (Phi) is 6.93. The maximum absolute atomic E-state index is 13.2. The summed E-state index contributed by atoms with van der Waals surface area (Å²) in [6.07, 6.45) is 2.90. The Morgan fingerprint density at radius 3 is 2.54 bits per heavy atom. The van der Waals surface area contributed by atoms with E-state index in [0.29, 0.717) is 39.1 Å². The summed E-state index contributed by atoms with van der Waals surface area (Å²) >= 11 is 0. The summed E-state index contributed by atoms with van der Waals surface area (Å²) in [6.45, 7) is 5.47. The summed E-state index contributed by atoms with van der Waals surface area (Å²) in [5, 5.41) is 0. The first-order valence-corrected chi connectivity index (χ1v) is 11.8. The van der Waals surface area contributed by atoms with Crippen LogP contribution in [0.1, 0.15) is 32.6 Å². The van der Waals surface area contributed by atoms with Gasteiger partial charge >= 0.3 is 0 Å². The molecule has 0 spiro atoms. The molecule has 28 heavy (non-hydrogen) atoms. The average Bonchev–Trinajstić information content (AvgIpc) is 2.94. The molecule has 0 radical (unpaired) electrons. The van der Waals surface area contributed by atoms with Crippen LogP contribution in [0, 0.1) is 11.7 Å². The van der Waals surface area contributed by atoms with E-state index in [1.54, 1.807) is 12.1 Å². The maximum atomic E-state index is 13.2. The molecule has 2 aliphatic heterocycles. The number of amides is 1. The van der Waals surface area contributed by atoms with Gasteiger partial charge in [-0.05, 0) is 49.9 Å². The van der Waals surface area contributed by atoms with Crippen molar-refractivity contribution in [3.63, 3.8) is 0 Å². The Hall–Kier alpha value is -1.67. The maximum Gasteiger partial charge on any atom is 0.227 e. The van der Waals surface area contributed by atoms with Gasteiger partial charge in [-0.3, -0.25) is 4.79 Å². The molecule has 2 heterocycles. The second-order valence-corrected chi connectivity index (χ2v) is 9.74. The van der Waals surface area contributed by atoms with E-state index in [1.807, 2.05) is 11.8 Å². The van der Waals surface area contributed by atoms with Crippen molar-refractivity contribution in [2.24, 2.45) is 5.92 Å². The van der Waals surface area contributed by atoms with E-state index in [0.717, 1.165) is 31.5 Å². The summed E-state index contributed by atoms with van der Waals surface area (Å²) in [7, 11) is -3.26. The molecule has 1 atom stereocenters.